The van der Waals surface area contributed by atoms with Gasteiger partial charge in [0.15, 0.2) is 0 Å². The van der Waals surface area contributed by atoms with Crippen molar-refractivity contribution in [3.63, 3.8) is 0 Å². The zero-order valence-electron chi connectivity index (χ0n) is 32.3. The van der Waals surface area contributed by atoms with Crippen LogP contribution in [0, 0.1) is 25.7 Å². The average molecular weight is 748 g/mol. The summed E-state index contributed by atoms with van der Waals surface area (Å²) in [5, 5.41) is 11.0. The highest BCUT2D eigenvalue weighted by Gasteiger charge is 2.76. The van der Waals surface area contributed by atoms with Gasteiger partial charge in [0.05, 0.1) is 36.6 Å². The van der Waals surface area contributed by atoms with E-state index in [2.05, 4.69) is 13.2 Å². The number of anilines is 1. The molecule has 0 saturated carbocycles. The van der Waals surface area contributed by atoms with E-state index in [4.69, 9.17) is 9.47 Å². The van der Waals surface area contributed by atoms with Crippen LogP contribution >= 0.6 is 0 Å². The molecule has 0 aromatic heterocycles. The number of likely N-dealkylation sites (tertiary alicyclic amines) is 1. The van der Waals surface area contributed by atoms with Gasteiger partial charge < -0.3 is 29.3 Å². The van der Waals surface area contributed by atoms with E-state index in [1.165, 1.54) is 4.90 Å². The van der Waals surface area contributed by atoms with Crippen molar-refractivity contribution in [2.45, 2.75) is 88.8 Å². The number of aliphatic hydroxyl groups is 1. The number of ether oxygens (including phenoxy) is 2. The van der Waals surface area contributed by atoms with Crippen LogP contribution < -0.4 is 4.90 Å². The molecule has 1 spiro atoms. The Morgan fingerprint density at radius 2 is 1.65 bits per heavy atom. The van der Waals surface area contributed by atoms with E-state index in [0.717, 1.165) is 22.4 Å². The maximum atomic E-state index is 15.3. The minimum atomic E-state index is -1.34. The number of benzene rings is 3. The summed E-state index contributed by atoms with van der Waals surface area (Å²) >= 11 is 0. The number of hydrogen-bond donors (Lipinski definition) is 1. The van der Waals surface area contributed by atoms with Crippen LogP contribution in [0.25, 0.3) is 0 Å². The first-order valence-electron chi connectivity index (χ1n) is 19.2. The second-order valence-corrected chi connectivity index (χ2v) is 15.1. The predicted molar refractivity (Wildman–Crippen MR) is 211 cm³/mol. The third-order valence-corrected chi connectivity index (χ3v) is 11.8. The Bertz CT molecular complexity index is 1880. The molecule has 0 aliphatic carbocycles. The molecule has 6 rings (SSSR count). The summed E-state index contributed by atoms with van der Waals surface area (Å²) in [6.45, 7) is 13.2. The lowest BCUT2D eigenvalue weighted by Gasteiger charge is -2.40. The monoisotopic (exact) mass is 747 g/mol. The summed E-state index contributed by atoms with van der Waals surface area (Å²) < 4.78 is 13.2. The lowest BCUT2D eigenvalue weighted by Crippen LogP contribution is -2.59. The zero-order valence-corrected chi connectivity index (χ0v) is 32.3. The molecule has 8 atom stereocenters. The van der Waals surface area contributed by atoms with Crippen molar-refractivity contribution in [1.29, 1.82) is 0 Å². The van der Waals surface area contributed by atoms with Gasteiger partial charge in [0.1, 0.15) is 17.7 Å². The Labute approximate surface area is 324 Å². The highest BCUT2D eigenvalue weighted by molar-refractivity contribution is 6.05. The Morgan fingerprint density at radius 1 is 1.00 bits per heavy atom. The molecule has 55 heavy (non-hydrogen) atoms. The van der Waals surface area contributed by atoms with E-state index in [-0.39, 0.29) is 24.8 Å². The molecule has 0 radical (unpaired) electrons. The van der Waals surface area contributed by atoms with Gasteiger partial charge in [-0.25, -0.2) is 0 Å². The number of aliphatic hydroxyl groups excluding tert-OH is 1. The molecule has 2 bridgehead atoms. The van der Waals surface area contributed by atoms with Crippen molar-refractivity contribution in [3.05, 3.63) is 126 Å². The smallest absolute Gasteiger partial charge is 0.313 e. The lowest BCUT2D eigenvalue weighted by molar-refractivity contribution is -0.165. The fraction of sp³-hybridized carbons (Fsp3) is 0.422. The van der Waals surface area contributed by atoms with Crippen molar-refractivity contribution in [2.24, 2.45) is 11.8 Å². The van der Waals surface area contributed by atoms with E-state index in [9.17, 15) is 14.7 Å². The molecule has 3 aliphatic rings. The Hall–Kier alpha value is -5.06. The fourth-order valence-electron chi connectivity index (χ4n) is 9.09. The van der Waals surface area contributed by atoms with E-state index in [0.29, 0.717) is 31.2 Å². The quantitative estimate of drug-likeness (QED) is 0.143. The lowest BCUT2D eigenvalue weighted by atomic mass is 9.70. The minimum Gasteiger partial charge on any atom is -0.455 e. The number of likely N-dealkylation sites (N-methyl/N-ethyl adjacent to an activating group) is 1. The predicted octanol–water partition coefficient (Wildman–Crippen LogP) is 5.90. The Morgan fingerprint density at radius 3 is 2.27 bits per heavy atom. The van der Waals surface area contributed by atoms with Crippen molar-refractivity contribution in [1.82, 2.24) is 9.80 Å². The molecular weight excluding hydrogens is 695 g/mol. The maximum Gasteiger partial charge on any atom is 0.313 e. The number of fused-ring (bicyclic) bond motifs is 1. The molecule has 3 heterocycles. The van der Waals surface area contributed by atoms with Crippen molar-refractivity contribution < 1.29 is 33.8 Å². The number of esters is 1. The number of aryl methyl sites for hydroxylation is 2. The molecule has 10 heteroatoms. The van der Waals surface area contributed by atoms with Crippen LogP contribution in [0.4, 0.5) is 5.69 Å². The third kappa shape index (κ3) is 7.37. The molecule has 3 aliphatic heterocycles. The van der Waals surface area contributed by atoms with Crippen molar-refractivity contribution in [3.8, 4) is 0 Å². The second-order valence-electron chi connectivity index (χ2n) is 15.1. The first-order chi connectivity index (χ1) is 26.5. The van der Waals surface area contributed by atoms with Crippen LogP contribution in [0.3, 0.4) is 0 Å². The maximum absolute atomic E-state index is 15.3. The van der Waals surface area contributed by atoms with Crippen LogP contribution in [0.5, 0.6) is 0 Å². The van der Waals surface area contributed by atoms with Crippen LogP contribution in [0.1, 0.15) is 61.0 Å². The first kappa shape index (κ1) is 39.6. The minimum absolute atomic E-state index is 0.115. The number of amides is 3. The van der Waals surface area contributed by atoms with Gasteiger partial charge in [-0.1, -0.05) is 91.0 Å². The van der Waals surface area contributed by atoms with Crippen molar-refractivity contribution >= 4 is 29.4 Å². The Balaban J connectivity index is 1.40. The van der Waals surface area contributed by atoms with Gasteiger partial charge in [0.25, 0.3) is 5.91 Å². The van der Waals surface area contributed by atoms with Gasteiger partial charge in [-0.15, -0.1) is 13.2 Å². The topological polar surface area (TPSA) is 117 Å². The number of para-hydroxylation sites is 1. The van der Waals surface area contributed by atoms with E-state index >= 15 is 9.59 Å². The summed E-state index contributed by atoms with van der Waals surface area (Å²) in [6.07, 6.45) is 3.74. The van der Waals surface area contributed by atoms with Gasteiger partial charge in [0, 0.05) is 25.7 Å². The molecule has 0 unspecified atom stereocenters. The molecule has 3 fully saturated rings. The van der Waals surface area contributed by atoms with Crippen LogP contribution in [-0.4, -0.2) is 88.6 Å². The zero-order chi connectivity index (χ0) is 39.4. The Kier molecular flexibility index (Phi) is 12.1. The van der Waals surface area contributed by atoms with Gasteiger partial charge in [0.2, 0.25) is 11.8 Å². The molecule has 3 aromatic rings. The second kappa shape index (κ2) is 16.8. The SMILES string of the molecule is C=CCCC(=O)N(C)[C@@H](C)[C@@H](OC(=O)[C@@H]1[C@H]2C(=O)N([C@@H](CO)Cc3ccccc3)[C@H](C(=O)N(CC=C)c3c(C)cccc3C)[C@]23CC[C@H]1O3)c1ccccc1. The van der Waals surface area contributed by atoms with Crippen LogP contribution in [0.15, 0.2) is 104 Å². The average Bonchev–Trinajstić information content (AvgIpc) is 3.84. The van der Waals surface area contributed by atoms with E-state index in [1.807, 2.05) is 99.6 Å². The number of carbonyl (C=O) groups excluding carboxylic acids is 4. The highest BCUT2D eigenvalue weighted by atomic mass is 16.6. The summed E-state index contributed by atoms with van der Waals surface area (Å²) in [4.78, 5) is 63.0. The van der Waals surface area contributed by atoms with Gasteiger partial charge in [-0.3, -0.25) is 19.2 Å². The number of carbonyl (C=O) groups is 4. The first-order valence-corrected chi connectivity index (χ1v) is 19.2. The summed E-state index contributed by atoms with van der Waals surface area (Å²) in [5.41, 5.74) is 2.74. The van der Waals surface area contributed by atoms with Gasteiger partial charge in [-0.2, -0.15) is 0 Å². The van der Waals surface area contributed by atoms with Crippen LogP contribution in [0.2, 0.25) is 0 Å². The number of hydrogen-bond acceptors (Lipinski definition) is 7. The molecule has 290 valence electrons. The number of nitrogens with zero attached hydrogens (tertiary/aromatic N) is 3. The summed E-state index contributed by atoms with van der Waals surface area (Å²) in [5.74, 6) is -3.54. The molecule has 3 saturated heterocycles. The number of allylic oxidation sites excluding steroid dienone is 1. The molecular formula is C45H53N3O7. The fourth-order valence-corrected chi connectivity index (χ4v) is 9.09. The van der Waals surface area contributed by atoms with E-state index in [1.54, 1.807) is 29.0 Å². The number of rotatable bonds is 16. The van der Waals surface area contributed by atoms with Gasteiger partial charge in [-0.05, 0) is 68.7 Å². The summed E-state index contributed by atoms with van der Waals surface area (Å²) in [6, 6.07) is 22.1. The van der Waals surface area contributed by atoms with Gasteiger partial charge >= 0.3 is 5.97 Å². The van der Waals surface area contributed by atoms with Crippen molar-refractivity contribution in [2.75, 3.05) is 25.1 Å². The highest BCUT2D eigenvalue weighted by Crippen LogP contribution is 2.59. The molecule has 3 aromatic carbocycles. The third-order valence-electron chi connectivity index (χ3n) is 11.8. The molecule has 1 N–H and O–H groups in total. The van der Waals surface area contributed by atoms with Crippen LogP contribution in [-0.2, 0) is 35.1 Å². The largest absolute Gasteiger partial charge is 0.455 e. The molecule has 10 nitrogen and oxygen atoms in total. The summed E-state index contributed by atoms with van der Waals surface area (Å²) in [7, 11) is 1.69. The normalized spacial score (nSPS) is 24.1. The van der Waals surface area contributed by atoms with E-state index < -0.39 is 66.3 Å². The molecule has 3 amide bonds. The standard InChI is InChI=1S/C45H53N3O7/c1-7-9-23-36(50)46(6)31(5)40(33-21-14-11-15-22-33)54-44(53)37-35-24-25-45(55-35)38(37)42(51)48(34(28-49)27-32-19-12-10-13-20-32)41(45)43(52)47(26-8-2)39-29(3)17-16-18-30(39)4/h7-8,10-22,31,34-35,37-38,40-41,49H,1-2,9,23-28H2,3-6H3/t31-,34+,35+,37-,38-,40+,41+,45-/m0/s1.